The molecule has 2 nitrogen and oxygen atoms in total. The third-order valence-corrected chi connectivity index (χ3v) is 0.703. The normalized spacial score (nSPS) is 10.1. The number of hydrogen-bond acceptors (Lipinski definition) is 2. The summed E-state index contributed by atoms with van der Waals surface area (Å²) in [5.41, 5.74) is 0. The molecule has 0 N–H and O–H groups in total. The predicted octanol–water partition coefficient (Wildman–Crippen LogP) is 0.778. The zero-order chi connectivity index (χ0) is 6.24. The van der Waals surface area contributed by atoms with E-state index in [2.05, 4.69) is 0 Å². The zero-order valence-electron chi connectivity index (χ0n) is 4.96. The minimum Gasteiger partial charge on any atom is -0.384 e. The van der Waals surface area contributed by atoms with E-state index in [9.17, 15) is 4.79 Å². The van der Waals surface area contributed by atoms with Crippen LogP contribution in [-0.2, 0) is 9.53 Å². The molecule has 0 saturated heterocycles. The third-order valence-electron chi connectivity index (χ3n) is 0.703. The molecule has 8 heavy (non-hydrogen) atoms. The number of carbonyl (C=O) groups is 1. The molecule has 46 valence electrons. The summed E-state index contributed by atoms with van der Waals surface area (Å²) >= 11 is 0. The van der Waals surface area contributed by atoms with E-state index < -0.39 is 0 Å². The van der Waals surface area contributed by atoms with Crippen LogP contribution in [0.3, 0.4) is 0 Å². The Morgan fingerprint density at radius 2 is 2.38 bits per heavy atom. The molecule has 0 bridgehead atoms. The van der Waals surface area contributed by atoms with Crippen LogP contribution in [0.4, 0.5) is 0 Å². The largest absolute Gasteiger partial charge is 0.384 e. The van der Waals surface area contributed by atoms with Crippen LogP contribution < -0.4 is 0 Å². The van der Waals surface area contributed by atoms with E-state index in [0.29, 0.717) is 6.61 Å². The average Bonchev–Trinajstić information content (AvgIpc) is 1.81. The first-order valence-electron chi connectivity index (χ1n) is 2.51. The highest BCUT2D eigenvalue weighted by Gasteiger charge is 1.73. The summed E-state index contributed by atoms with van der Waals surface area (Å²) in [4.78, 5) is 9.64. The molecule has 0 aromatic rings. The Balaban J connectivity index is 2.91. The Bertz CT molecular complexity index is 76.6. The Labute approximate surface area is 49.1 Å². The van der Waals surface area contributed by atoms with Gasteiger partial charge < -0.3 is 4.74 Å². The molecule has 0 amide bonds. The number of aldehydes is 1. The number of ether oxygens (including phenoxy) is 1. The van der Waals surface area contributed by atoms with Crippen LogP contribution in [0.5, 0.6) is 0 Å². The molecule has 0 saturated carbocycles. The lowest BCUT2D eigenvalue weighted by Gasteiger charge is -1.87. The van der Waals surface area contributed by atoms with Crippen molar-refractivity contribution in [2.45, 2.75) is 6.42 Å². The van der Waals surface area contributed by atoms with Gasteiger partial charge in [-0.1, -0.05) is 6.08 Å². The second-order valence-corrected chi connectivity index (χ2v) is 1.35. The first-order valence-corrected chi connectivity index (χ1v) is 2.51. The molecule has 2 heteroatoms. The van der Waals surface area contributed by atoms with Crippen LogP contribution in [0.1, 0.15) is 6.42 Å². The third kappa shape index (κ3) is 5.37. The Morgan fingerprint density at radius 1 is 1.62 bits per heavy atom. The van der Waals surface area contributed by atoms with Gasteiger partial charge in [-0.3, -0.25) is 4.79 Å². The lowest BCUT2D eigenvalue weighted by atomic mass is 10.4. The minimum absolute atomic E-state index is 0.685. The van der Waals surface area contributed by atoms with Gasteiger partial charge in [-0.25, -0.2) is 0 Å². The molecule has 0 fully saturated rings. The van der Waals surface area contributed by atoms with Gasteiger partial charge in [0.2, 0.25) is 0 Å². The van der Waals surface area contributed by atoms with Gasteiger partial charge in [0.1, 0.15) is 6.29 Å². The summed E-state index contributed by atoms with van der Waals surface area (Å²) in [6.07, 6.45) is 4.82. The quantitative estimate of drug-likeness (QED) is 0.306. The SMILES string of the molecule is COCC/C=C\C=O. The maximum absolute atomic E-state index is 9.64. The molecule has 0 aromatic carbocycles. The second kappa shape index (κ2) is 6.37. The zero-order valence-corrected chi connectivity index (χ0v) is 4.96. The molecular formula is C6H10O2. The van der Waals surface area contributed by atoms with Crippen molar-refractivity contribution in [3.63, 3.8) is 0 Å². The summed E-state index contributed by atoms with van der Waals surface area (Å²) in [5, 5.41) is 0. The topological polar surface area (TPSA) is 26.3 Å². The van der Waals surface area contributed by atoms with Gasteiger partial charge in [-0.2, -0.15) is 0 Å². The van der Waals surface area contributed by atoms with Crippen LogP contribution in [-0.4, -0.2) is 20.0 Å². The standard InChI is InChI=1S/C6H10O2/c1-8-6-4-2-3-5-7/h2-3,5H,4,6H2,1H3/b3-2-. The van der Waals surface area contributed by atoms with E-state index in [-0.39, 0.29) is 0 Å². The van der Waals surface area contributed by atoms with Crippen LogP contribution >= 0.6 is 0 Å². The van der Waals surface area contributed by atoms with E-state index in [0.717, 1.165) is 12.7 Å². The second-order valence-electron chi connectivity index (χ2n) is 1.35. The van der Waals surface area contributed by atoms with Crippen LogP contribution in [0, 0.1) is 0 Å². The van der Waals surface area contributed by atoms with E-state index in [4.69, 9.17) is 4.74 Å². The Kier molecular flexibility index (Phi) is 5.87. The Hall–Kier alpha value is -0.630. The summed E-state index contributed by atoms with van der Waals surface area (Å²) in [6, 6.07) is 0. The molecule has 0 aromatic heterocycles. The first kappa shape index (κ1) is 7.37. The highest BCUT2D eigenvalue weighted by Crippen LogP contribution is 1.79. The fourth-order valence-electron chi connectivity index (χ4n) is 0.338. The summed E-state index contributed by atoms with van der Waals surface area (Å²) in [6.45, 7) is 0.685. The molecule has 0 spiro atoms. The predicted molar refractivity (Wildman–Crippen MR) is 31.7 cm³/mol. The van der Waals surface area contributed by atoms with Crippen molar-refractivity contribution in [2.75, 3.05) is 13.7 Å². The van der Waals surface area contributed by atoms with Gasteiger partial charge in [0, 0.05) is 13.7 Å². The molecule has 0 aliphatic rings. The summed E-state index contributed by atoms with van der Waals surface area (Å²) < 4.78 is 4.72. The lowest BCUT2D eigenvalue weighted by Crippen LogP contribution is -1.83. The van der Waals surface area contributed by atoms with Crippen molar-refractivity contribution in [3.8, 4) is 0 Å². The molecule has 0 radical (unpaired) electrons. The summed E-state index contributed by atoms with van der Waals surface area (Å²) in [7, 11) is 1.63. The maximum atomic E-state index is 9.64. The smallest absolute Gasteiger partial charge is 0.142 e. The van der Waals surface area contributed by atoms with Crippen LogP contribution in [0.2, 0.25) is 0 Å². The molecule has 0 rings (SSSR count). The van der Waals surface area contributed by atoms with Gasteiger partial charge in [-0.05, 0) is 12.5 Å². The fraction of sp³-hybridized carbons (Fsp3) is 0.500. The highest BCUT2D eigenvalue weighted by molar-refractivity contribution is 5.64. The number of rotatable bonds is 4. The lowest BCUT2D eigenvalue weighted by molar-refractivity contribution is -0.104. The van der Waals surface area contributed by atoms with Gasteiger partial charge in [-0.15, -0.1) is 0 Å². The van der Waals surface area contributed by atoms with Crippen molar-refractivity contribution >= 4 is 6.29 Å². The van der Waals surface area contributed by atoms with Crippen molar-refractivity contribution < 1.29 is 9.53 Å². The van der Waals surface area contributed by atoms with Gasteiger partial charge in [0.05, 0.1) is 0 Å². The molecular weight excluding hydrogens is 104 g/mol. The maximum Gasteiger partial charge on any atom is 0.142 e. The Morgan fingerprint density at radius 3 is 2.88 bits per heavy atom. The number of methoxy groups -OCH3 is 1. The van der Waals surface area contributed by atoms with Gasteiger partial charge in [0.25, 0.3) is 0 Å². The molecule has 0 heterocycles. The van der Waals surface area contributed by atoms with Gasteiger partial charge in [0.15, 0.2) is 0 Å². The monoisotopic (exact) mass is 114 g/mol. The van der Waals surface area contributed by atoms with E-state index in [1.54, 1.807) is 13.2 Å². The summed E-state index contributed by atoms with van der Waals surface area (Å²) in [5.74, 6) is 0. The fourth-order valence-corrected chi connectivity index (χ4v) is 0.338. The number of carbonyl (C=O) groups excluding carboxylic acids is 1. The van der Waals surface area contributed by atoms with E-state index in [1.165, 1.54) is 6.08 Å². The van der Waals surface area contributed by atoms with Crippen molar-refractivity contribution in [3.05, 3.63) is 12.2 Å². The molecule has 0 aliphatic carbocycles. The number of hydrogen-bond donors (Lipinski definition) is 0. The molecule has 0 unspecified atom stereocenters. The first-order chi connectivity index (χ1) is 3.91. The van der Waals surface area contributed by atoms with E-state index >= 15 is 0 Å². The van der Waals surface area contributed by atoms with Gasteiger partial charge >= 0.3 is 0 Å². The van der Waals surface area contributed by atoms with Crippen molar-refractivity contribution in [2.24, 2.45) is 0 Å². The van der Waals surface area contributed by atoms with Crippen LogP contribution in [0.15, 0.2) is 12.2 Å². The highest BCUT2D eigenvalue weighted by atomic mass is 16.5. The van der Waals surface area contributed by atoms with Crippen LogP contribution in [0.25, 0.3) is 0 Å². The minimum atomic E-state index is 0.685. The van der Waals surface area contributed by atoms with E-state index in [1.807, 2.05) is 0 Å². The average molecular weight is 114 g/mol. The molecule has 0 aliphatic heterocycles. The molecule has 0 atom stereocenters. The number of allylic oxidation sites excluding steroid dienone is 1. The van der Waals surface area contributed by atoms with Crippen molar-refractivity contribution in [1.82, 2.24) is 0 Å². The van der Waals surface area contributed by atoms with Crippen molar-refractivity contribution in [1.29, 1.82) is 0 Å².